The molecular weight excluding hydrogens is 412 g/mol. The van der Waals surface area contributed by atoms with Crippen LogP contribution in [0.25, 0.3) is 0 Å². The van der Waals surface area contributed by atoms with Crippen LogP contribution in [0.1, 0.15) is 22.2 Å². The van der Waals surface area contributed by atoms with Crippen LogP contribution < -0.4 is 5.32 Å². The van der Waals surface area contributed by atoms with Crippen LogP contribution in [0.15, 0.2) is 40.0 Å². The molecule has 2 aromatic heterocycles. The molecule has 3 rings (SSSR count). The number of nitrogens with zero attached hydrogens (tertiary/aromatic N) is 3. The molecule has 1 N–H and O–H groups in total. The van der Waals surface area contributed by atoms with Gasteiger partial charge < -0.3 is 19.2 Å². The normalized spacial score (nSPS) is 16.4. The molecule has 10 nitrogen and oxygen atoms in total. The van der Waals surface area contributed by atoms with Gasteiger partial charge >= 0.3 is 5.97 Å². The first-order valence-corrected chi connectivity index (χ1v) is 10.9. The lowest BCUT2D eigenvalue weighted by molar-refractivity contribution is 0.0600. The van der Waals surface area contributed by atoms with Gasteiger partial charge in [-0.05, 0) is 32.3 Å². The Labute approximate surface area is 175 Å². The summed E-state index contributed by atoms with van der Waals surface area (Å²) in [6.07, 6.45) is 2.88. The highest BCUT2D eigenvalue weighted by molar-refractivity contribution is 7.89. The molecule has 2 aromatic rings. The summed E-state index contributed by atoms with van der Waals surface area (Å²) in [6, 6.07) is 4.79. The van der Waals surface area contributed by atoms with Crippen molar-refractivity contribution in [2.45, 2.75) is 10.9 Å². The molecule has 1 atom stereocenters. The Morgan fingerprint density at radius 1 is 1.37 bits per heavy atom. The fraction of sp³-hybridized carbons (Fsp3) is 0.474. The fourth-order valence-corrected chi connectivity index (χ4v) is 4.69. The molecule has 164 valence electrons. The summed E-state index contributed by atoms with van der Waals surface area (Å²) in [7, 11) is 1.13. The molecule has 11 heteroatoms. The molecule has 0 radical (unpaired) electrons. The Morgan fingerprint density at radius 2 is 2.10 bits per heavy atom. The highest BCUT2D eigenvalue weighted by Crippen LogP contribution is 2.27. The monoisotopic (exact) mass is 438 g/mol. The molecule has 1 unspecified atom stereocenters. The quantitative estimate of drug-likeness (QED) is 0.607. The third-order valence-electron chi connectivity index (χ3n) is 4.82. The molecule has 0 aromatic carbocycles. The number of hydrogen-bond donors (Lipinski definition) is 1. The summed E-state index contributed by atoms with van der Waals surface area (Å²) in [6.45, 7) is 1.44. The lowest BCUT2D eigenvalue weighted by Gasteiger charge is -2.27. The molecular formula is C19H26N4O6S. The number of sulfonamides is 1. The number of methoxy groups -OCH3 is 1. The highest BCUT2D eigenvalue weighted by Gasteiger charge is 2.31. The van der Waals surface area contributed by atoms with Crippen molar-refractivity contribution in [2.24, 2.45) is 0 Å². The minimum atomic E-state index is -3.90. The van der Waals surface area contributed by atoms with E-state index in [0.29, 0.717) is 19.8 Å². The van der Waals surface area contributed by atoms with Crippen LogP contribution in [0, 0.1) is 0 Å². The summed E-state index contributed by atoms with van der Waals surface area (Å²) in [4.78, 5) is 18.1. The Bertz CT molecular complexity index is 955. The summed E-state index contributed by atoms with van der Waals surface area (Å²) in [5.74, 6) is 0.234. The first kappa shape index (κ1) is 22.2. The number of hydrogen-bond acceptors (Lipinski definition) is 9. The number of anilines is 1. The van der Waals surface area contributed by atoms with E-state index in [2.05, 4.69) is 10.3 Å². The maximum atomic E-state index is 13.3. The zero-order valence-electron chi connectivity index (χ0n) is 17.2. The van der Waals surface area contributed by atoms with Crippen LogP contribution in [0.5, 0.6) is 0 Å². The van der Waals surface area contributed by atoms with Gasteiger partial charge in [0.2, 0.25) is 10.0 Å². The number of rotatable bonds is 8. The van der Waals surface area contributed by atoms with Crippen molar-refractivity contribution in [1.29, 1.82) is 0 Å². The zero-order chi connectivity index (χ0) is 21.7. The molecule has 1 saturated heterocycles. The van der Waals surface area contributed by atoms with E-state index in [-0.39, 0.29) is 35.4 Å². The number of furan rings is 1. The van der Waals surface area contributed by atoms with E-state index < -0.39 is 16.0 Å². The smallest absolute Gasteiger partial charge is 0.339 e. The zero-order valence-corrected chi connectivity index (χ0v) is 18.0. The summed E-state index contributed by atoms with van der Waals surface area (Å²) in [5.41, 5.74) is 0.0603. The van der Waals surface area contributed by atoms with Crippen molar-refractivity contribution in [3.63, 3.8) is 0 Å². The number of aromatic nitrogens is 1. The Balaban J connectivity index is 1.94. The van der Waals surface area contributed by atoms with E-state index in [1.54, 1.807) is 12.3 Å². The van der Waals surface area contributed by atoms with Gasteiger partial charge in [0.15, 0.2) is 0 Å². The number of likely N-dealkylation sites (N-methyl/N-ethyl adjacent to an activating group) is 1. The van der Waals surface area contributed by atoms with Gasteiger partial charge in [-0.15, -0.1) is 0 Å². The Morgan fingerprint density at radius 3 is 2.70 bits per heavy atom. The minimum absolute atomic E-state index is 0.0603. The maximum absolute atomic E-state index is 13.3. The molecule has 1 aliphatic heterocycles. The highest BCUT2D eigenvalue weighted by atomic mass is 32.2. The molecule has 1 aliphatic rings. The van der Waals surface area contributed by atoms with E-state index in [4.69, 9.17) is 13.9 Å². The standard InChI is InChI=1S/C19H26N4O6S/c1-22(2)15(16-5-4-8-29-16)13-21-18-17(11-14(12-20-18)19(24)27-3)30(25,26)23-6-9-28-10-7-23/h4-5,8,11-12,15H,6-7,9-10,13H2,1-3H3,(H,20,21). The van der Waals surface area contributed by atoms with E-state index >= 15 is 0 Å². The molecule has 3 heterocycles. The van der Waals surface area contributed by atoms with Gasteiger partial charge in [0, 0.05) is 25.8 Å². The van der Waals surface area contributed by atoms with Gasteiger partial charge in [0.05, 0.1) is 38.2 Å². The summed E-state index contributed by atoms with van der Waals surface area (Å²) in [5, 5.41) is 3.11. The second-order valence-electron chi connectivity index (χ2n) is 6.95. The van der Waals surface area contributed by atoms with Gasteiger partial charge in [-0.3, -0.25) is 4.90 Å². The Kier molecular flexibility index (Phi) is 7.08. The topological polar surface area (TPSA) is 114 Å². The minimum Gasteiger partial charge on any atom is -0.468 e. The van der Waals surface area contributed by atoms with E-state index in [0.717, 1.165) is 5.76 Å². The summed E-state index contributed by atoms with van der Waals surface area (Å²) < 4.78 is 43.4. The van der Waals surface area contributed by atoms with Crippen LogP contribution in [0.4, 0.5) is 5.82 Å². The van der Waals surface area contributed by atoms with E-state index in [1.807, 2.05) is 25.1 Å². The van der Waals surface area contributed by atoms with E-state index in [1.165, 1.54) is 23.7 Å². The summed E-state index contributed by atoms with van der Waals surface area (Å²) >= 11 is 0. The van der Waals surface area contributed by atoms with Crippen molar-refractivity contribution in [3.05, 3.63) is 42.0 Å². The number of nitrogens with one attached hydrogen (secondary N) is 1. The van der Waals surface area contributed by atoms with Gasteiger partial charge in [-0.1, -0.05) is 0 Å². The molecule has 1 fully saturated rings. The van der Waals surface area contributed by atoms with Crippen molar-refractivity contribution in [1.82, 2.24) is 14.2 Å². The SMILES string of the molecule is COC(=O)c1cnc(NCC(c2ccco2)N(C)C)c(S(=O)(=O)N2CCOCC2)c1. The third-order valence-corrected chi connectivity index (χ3v) is 6.73. The van der Waals surface area contributed by atoms with Crippen LogP contribution >= 0.6 is 0 Å². The predicted molar refractivity (Wildman–Crippen MR) is 109 cm³/mol. The van der Waals surface area contributed by atoms with Crippen molar-refractivity contribution >= 4 is 21.8 Å². The number of carbonyl (C=O) groups is 1. The molecule has 0 saturated carbocycles. The third kappa shape index (κ3) is 4.81. The van der Waals surface area contributed by atoms with Crippen LogP contribution in [0.2, 0.25) is 0 Å². The first-order chi connectivity index (χ1) is 14.3. The maximum Gasteiger partial charge on any atom is 0.339 e. The number of esters is 1. The van der Waals surface area contributed by atoms with Gasteiger partial charge in [0.25, 0.3) is 0 Å². The lowest BCUT2D eigenvalue weighted by Crippen LogP contribution is -2.41. The van der Waals surface area contributed by atoms with Crippen molar-refractivity contribution in [3.8, 4) is 0 Å². The van der Waals surface area contributed by atoms with Gasteiger partial charge in [0.1, 0.15) is 16.5 Å². The van der Waals surface area contributed by atoms with Crippen LogP contribution in [0.3, 0.4) is 0 Å². The average molecular weight is 439 g/mol. The molecule has 0 spiro atoms. The number of pyridine rings is 1. The molecule has 0 bridgehead atoms. The van der Waals surface area contributed by atoms with Gasteiger partial charge in [-0.25, -0.2) is 18.2 Å². The number of carbonyl (C=O) groups excluding carboxylic acids is 1. The number of ether oxygens (including phenoxy) is 2. The molecule has 0 amide bonds. The average Bonchev–Trinajstić information content (AvgIpc) is 3.28. The molecule has 0 aliphatic carbocycles. The number of morpholine rings is 1. The lowest BCUT2D eigenvalue weighted by atomic mass is 10.2. The second kappa shape index (κ2) is 9.56. The fourth-order valence-electron chi connectivity index (χ4n) is 3.14. The largest absolute Gasteiger partial charge is 0.468 e. The predicted octanol–water partition coefficient (Wildman–Crippen LogP) is 1.20. The van der Waals surface area contributed by atoms with Gasteiger partial charge in [-0.2, -0.15) is 4.31 Å². The van der Waals surface area contributed by atoms with Crippen molar-refractivity contribution < 1.29 is 27.1 Å². The Hall–Kier alpha value is -2.47. The second-order valence-corrected chi connectivity index (χ2v) is 8.86. The van der Waals surface area contributed by atoms with Crippen LogP contribution in [-0.2, 0) is 19.5 Å². The van der Waals surface area contributed by atoms with Crippen molar-refractivity contribution in [2.75, 3.05) is 59.4 Å². The van der Waals surface area contributed by atoms with E-state index in [9.17, 15) is 13.2 Å². The van der Waals surface area contributed by atoms with Crippen LogP contribution in [-0.4, -0.2) is 82.6 Å². The molecule has 30 heavy (non-hydrogen) atoms. The first-order valence-electron chi connectivity index (χ1n) is 9.44.